The summed E-state index contributed by atoms with van der Waals surface area (Å²) in [6.45, 7) is 0.445. The lowest BCUT2D eigenvalue weighted by Crippen LogP contribution is -2.29. The second-order valence-electron chi connectivity index (χ2n) is 4.08. The fourth-order valence-corrected chi connectivity index (χ4v) is 1.65. The van der Waals surface area contributed by atoms with Gasteiger partial charge < -0.3 is 10.4 Å². The second-order valence-corrected chi connectivity index (χ2v) is 4.08. The van der Waals surface area contributed by atoms with E-state index in [2.05, 4.69) is 5.32 Å². The van der Waals surface area contributed by atoms with Crippen LogP contribution in [0.3, 0.4) is 0 Å². The topological polar surface area (TPSA) is 53.2 Å². The Kier molecular flexibility index (Phi) is 3.57. The van der Waals surface area contributed by atoms with Gasteiger partial charge in [0.1, 0.15) is 7.05 Å². The third-order valence-corrected chi connectivity index (χ3v) is 2.62. The summed E-state index contributed by atoms with van der Waals surface area (Å²) in [6, 6.07) is 11.2. The molecule has 0 unspecified atom stereocenters. The van der Waals surface area contributed by atoms with Crippen LogP contribution in [0.4, 0.5) is 0 Å². The highest BCUT2D eigenvalue weighted by molar-refractivity contribution is 5.96. The van der Waals surface area contributed by atoms with Crippen molar-refractivity contribution in [1.29, 1.82) is 0 Å². The number of hydrogen-bond donors (Lipinski definition) is 2. The number of aromatic nitrogens is 1. The van der Waals surface area contributed by atoms with Crippen molar-refractivity contribution in [3.05, 3.63) is 59.9 Å². The Morgan fingerprint density at radius 1 is 1.28 bits per heavy atom. The van der Waals surface area contributed by atoms with E-state index in [4.69, 9.17) is 0 Å². The van der Waals surface area contributed by atoms with Gasteiger partial charge in [-0.15, -0.1) is 0 Å². The number of benzene rings is 1. The van der Waals surface area contributed by atoms with Crippen molar-refractivity contribution in [2.24, 2.45) is 7.05 Å². The van der Waals surface area contributed by atoms with Crippen LogP contribution in [0.5, 0.6) is 5.75 Å². The molecule has 1 aromatic carbocycles. The van der Waals surface area contributed by atoms with Gasteiger partial charge in [0.15, 0.2) is 11.9 Å². The van der Waals surface area contributed by atoms with Crippen LogP contribution >= 0.6 is 0 Å². The van der Waals surface area contributed by atoms with Gasteiger partial charge >= 0.3 is 0 Å². The molecule has 0 fully saturated rings. The van der Waals surface area contributed by atoms with Crippen LogP contribution in [0.1, 0.15) is 15.9 Å². The Morgan fingerprint density at radius 2 is 2.00 bits per heavy atom. The number of pyridine rings is 1. The SMILES string of the molecule is C[n+]1ccc(C(=O)NCc2ccccc2)c(O)c1. The molecule has 2 aromatic rings. The van der Waals surface area contributed by atoms with Crippen molar-refractivity contribution in [1.82, 2.24) is 5.32 Å². The highest BCUT2D eigenvalue weighted by atomic mass is 16.3. The molecular formula is C14H15N2O2+. The molecule has 0 aliphatic rings. The van der Waals surface area contributed by atoms with Gasteiger partial charge in [-0.3, -0.25) is 4.79 Å². The number of nitrogens with one attached hydrogen (secondary N) is 1. The fraction of sp³-hybridized carbons (Fsp3) is 0.143. The van der Waals surface area contributed by atoms with Crippen molar-refractivity contribution in [2.75, 3.05) is 0 Å². The van der Waals surface area contributed by atoms with E-state index >= 15 is 0 Å². The van der Waals surface area contributed by atoms with Gasteiger partial charge in [-0.1, -0.05) is 30.3 Å². The molecule has 18 heavy (non-hydrogen) atoms. The highest BCUT2D eigenvalue weighted by Gasteiger charge is 2.13. The van der Waals surface area contributed by atoms with Crippen LogP contribution < -0.4 is 9.88 Å². The molecule has 4 heteroatoms. The quantitative estimate of drug-likeness (QED) is 0.794. The number of hydrogen-bond acceptors (Lipinski definition) is 2. The Hall–Kier alpha value is -2.36. The summed E-state index contributed by atoms with van der Waals surface area (Å²) in [5, 5.41) is 12.4. The standard InChI is InChI=1S/C14H14N2O2/c1-16-8-7-12(13(17)10-16)14(18)15-9-11-5-3-2-4-6-11/h2-8,10H,9H2,1H3,(H-,15,17,18)/p+1. The third-order valence-electron chi connectivity index (χ3n) is 2.62. The average Bonchev–Trinajstić information content (AvgIpc) is 2.37. The predicted octanol–water partition coefficient (Wildman–Crippen LogP) is 1.15. The normalized spacial score (nSPS) is 10.1. The zero-order valence-electron chi connectivity index (χ0n) is 10.1. The summed E-state index contributed by atoms with van der Waals surface area (Å²) >= 11 is 0. The molecule has 0 saturated heterocycles. The Balaban J connectivity index is 2.04. The van der Waals surface area contributed by atoms with Crippen LogP contribution in [0.15, 0.2) is 48.8 Å². The molecule has 0 saturated carbocycles. The van der Waals surface area contributed by atoms with E-state index in [0.29, 0.717) is 6.54 Å². The van der Waals surface area contributed by atoms with Crippen LogP contribution in [0.2, 0.25) is 0 Å². The van der Waals surface area contributed by atoms with E-state index in [1.54, 1.807) is 23.9 Å². The van der Waals surface area contributed by atoms with Crippen molar-refractivity contribution in [2.45, 2.75) is 6.54 Å². The summed E-state index contributed by atoms with van der Waals surface area (Å²) in [5.41, 5.74) is 1.30. The summed E-state index contributed by atoms with van der Waals surface area (Å²) in [7, 11) is 1.78. The van der Waals surface area contributed by atoms with Gasteiger partial charge in [-0.2, -0.15) is 0 Å². The van der Waals surface area contributed by atoms with Crippen LogP contribution in [-0.4, -0.2) is 11.0 Å². The zero-order chi connectivity index (χ0) is 13.0. The number of amides is 1. The molecule has 2 rings (SSSR count). The van der Waals surface area contributed by atoms with Gasteiger partial charge in [0, 0.05) is 12.6 Å². The fourth-order valence-electron chi connectivity index (χ4n) is 1.65. The van der Waals surface area contributed by atoms with Crippen molar-refractivity contribution < 1.29 is 14.5 Å². The van der Waals surface area contributed by atoms with Crippen LogP contribution in [-0.2, 0) is 13.6 Å². The molecule has 1 aromatic heterocycles. The maximum Gasteiger partial charge on any atom is 0.255 e. The number of rotatable bonds is 3. The number of carbonyl (C=O) groups is 1. The molecule has 92 valence electrons. The minimum absolute atomic E-state index is 0.0226. The van der Waals surface area contributed by atoms with E-state index in [1.165, 1.54) is 6.20 Å². The van der Waals surface area contributed by atoms with E-state index in [-0.39, 0.29) is 17.2 Å². The first-order valence-corrected chi connectivity index (χ1v) is 5.67. The molecule has 1 amide bonds. The molecule has 0 bridgehead atoms. The molecule has 0 spiro atoms. The van der Waals surface area contributed by atoms with Crippen LogP contribution in [0, 0.1) is 0 Å². The Bertz CT molecular complexity index is 553. The molecular weight excluding hydrogens is 228 g/mol. The van der Waals surface area contributed by atoms with Crippen molar-refractivity contribution in [3.8, 4) is 5.75 Å². The molecule has 0 radical (unpaired) electrons. The third kappa shape index (κ3) is 2.85. The molecule has 0 aliphatic heterocycles. The lowest BCUT2D eigenvalue weighted by atomic mass is 10.2. The van der Waals surface area contributed by atoms with Gasteiger partial charge in [0.2, 0.25) is 6.20 Å². The van der Waals surface area contributed by atoms with Gasteiger partial charge in [-0.05, 0) is 5.56 Å². The molecule has 0 atom stereocenters. The minimum atomic E-state index is -0.281. The maximum atomic E-state index is 11.9. The first-order valence-electron chi connectivity index (χ1n) is 5.67. The lowest BCUT2D eigenvalue weighted by Gasteiger charge is -2.05. The van der Waals surface area contributed by atoms with Gasteiger partial charge in [0.25, 0.3) is 5.91 Å². The van der Waals surface area contributed by atoms with Crippen LogP contribution in [0.25, 0.3) is 0 Å². The van der Waals surface area contributed by atoms with Gasteiger partial charge in [0.05, 0.1) is 5.56 Å². The summed E-state index contributed by atoms with van der Waals surface area (Å²) in [4.78, 5) is 11.9. The summed E-state index contributed by atoms with van der Waals surface area (Å²) in [5.74, 6) is -0.303. The van der Waals surface area contributed by atoms with Crippen molar-refractivity contribution in [3.63, 3.8) is 0 Å². The van der Waals surface area contributed by atoms with E-state index in [0.717, 1.165) is 5.56 Å². The lowest BCUT2D eigenvalue weighted by molar-refractivity contribution is -0.671. The van der Waals surface area contributed by atoms with E-state index < -0.39 is 0 Å². The molecule has 0 aliphatic carbocycles. The number of nitrogens with zero attached hydrogens (tertiary/aromatic N) is 1. The first kappa shape index (κ1) is 12.1. The average molecular weight is 243 g/mol. The predicted molar refractivity (Wildman–Crippen MR) is 66.9 cm³/mol. The second kappa shape index (κ2) is 5.31. The zero-order valence-corrected chi connectivity index (χ0v) is 10.1. The van der Waals surface area contributed by atoms with E-state index in [1.807, 2.05) is 30.3 Å². The first-order chi connectivity index (χ1) is 8.66. The minimum Gasteiger partial charge on any atom is -0.502 e. The maximum absolute atomic E-state index is 11.9. The molecule has 4 nitrogen and oxygen atoms in total. The number of aromatic hydroxyl groups is 1. The summed E-state index contributed by atoms with van der Waals surface area (Å²) in [6.07, 6.45) is 3.22. The molecule has 2 N–H and O–H groups in total. The molecule has 1 heterocycles. The van der Waals surface area contributed by atoms with Gasteiger partial charge in [-0.25, -0.2) is 4.57 Å². The van der Waals surface area contributed by atoms with Crippen molar-refractivity contribution >= 4 is 5.91 Å². The highest BCUT2D eigenvalue weighted by Crippen LogP contribution is 2.12. The van der Waals surface area contributed by atoms with E-state index in [9.17, 15) is 9.90 Å². The number of aryl methyl sites for hydroxylation is 1. The monoisotopic (exact) mass is 243 g/mol. The number of carbonyl (C=O) groups excluding carboxylic acids is 1. The smallest absolute Gasteiger partial charge is 0.255 e. The Morgan fingerprint density at radius 3 is 2.67 bits per heavy atom. The summed E-state index contributed by atoms with van der Waals surface area (Å²) < 4.78 is 1.68. The largest absolute Gasteiger partial charge is 0.502 e. The Labute approximate surface area is 106 Å².